The highest BCUT2D eigenvalue weighted by atomic mass is 19.4. The number of rotatable bonds is 36. The number of hydrogen-bond acceptors (Lipinski definition) is 15. The molecule has 79 heavy (non-hydrogen) atoms. The number of imidazole rings is 1. The average Bonchev–Trinajstić information content (AvgIpc) is 4.25. The third-order valence-electron chi connectivity index (χ3n) is 13.6. The maximum Gasteiger partial charge on any atom is 0.416 e. The third-order valence-corrected chi connectivity index (χ3v) is 13.6. The van der Waals surface area contributed by atoms with Crippen LogP contribution >= 0.6 is 0 Å². The van der Waals surface area contributed by atoms with Crippen molar-refractivity contribution in [3.05, 3.63) is 107 Å². The summed E-state index contributed by atoms with van der Waals surface area (Å²) < 4.78 is 100. The Balaban J connectivity index is 0.639. The van der Waals surface area contributed by atoms with Crippen LogP contribution in [-0.4, -0.2) is 196 Å². The SMILES string of the molecule is Cc1ccc(C(=O)Nc2ccc(CN3CCN(C)CC3)c(C(F)(F)F)c2)cc1C#Cc1cnc2cc(OCCOCCOCCOCCOCCOCCOCCOCCOCCOCCNC(=O)[C@H]3C[C@H]4C=C[C@@H]3C4)ccn12. The minimum Gasteiger partial charge on any atom is -0.491 e. The minimum absolute atomic E-state index is 0.0615. The molecule has 2 aromatic carbocycles. The van der Waals surface area contributed by atoms with E-state index in [1.165, 1.54) is 12.1 Å². The molecule has 3 atom stereocenters. The Labute approximate surface area is 461 Å². The molecule has 21 heteroatoms. The van der Waals surface area contributed by atoms with Gasteiger partial charge in [0, 0.05) is 74.3 Å². The molecule has 3 heterocycles. The Hall–Kier alpha value is -5.48. The summed E-state index contributed by atoms with van der Waals surface area (Å²) in [5, 5.41) is 5.63. The van der Waals surface area contributed by atoms with Gasteiger partial charge in [-0.05, 0) is 86.0 Å². The van der Waals surface area contributed by atoms with Crippen LogP contribution in [0.1, 0.15) is 51.1 Å². The number of piperazine rings is 1. The van der Waals surface area contributed by atoms with Gasteiger partial charge in [-0.2, -0.15) is 13.2 Å². The molecule has 7 rings (SSSR count). The lowest BCUT2D eigenvalue weighted by molar-refractivity contribution is -0.138. The molecule has 1 saturated heterocycles. The molecule has 1 saturated carbocycles. The zero-order chi connectivity index (χ0) is 55.5. The molecule has 2 amide bonds. The van der Waals surface area contributed by atoms with Crippen molar-refractivity contribution >= 4 is 23.1 Å². The smallest absolute Gasteiger partial charge is 0.416 e. The van der Waals surface area contributed by atoms with Crippen LogP contribution in [0.5, 0.6) is 5.75 Å². The van der Waals surface area contributed by atoms with Gasteiger partial charge in [0.1, 0.15) is 23.7 Å². The number of anilines is 1. The van der Waals surface area contributed by atoms with E-state index in [9.17, 15) is 22.8 Å². The number of allylic oxidation sites excluding steroid dienone is 2. The van der Waals surface area contributed by atoms with Crippen LogP contribution in [0.25, 0.3) is 5.65 Å². The van der Waals surface area contributed by atoms with Gasteiger partial charge in [0.15, 0.2) is 0 Å². The number of pyridine rings is 1. The number of ether oxygens (including phenoxy) is 10. The van der Waals surface area contributed by atoms with E-state index in [2.05, 4.69) is 44.5 Å². The summed E-state index contributed by atoms with van der Waals surface area (Å²) in [5.41, 5.74) is 2.41. The van der Waals surface area contributed by atoms with Gasteiger partial charge >= 0.3 is 6.18 Å². The summed E-state index contributed by atoms with van der Waals surface area (Å²) >= 11 is 0. The van der Waals surface area contributed by atoms with E-state index in [-0.39, 0.29) is 35.2 Å². The molecule has 2 aliphatic carbocycles. The predicted molar refractivity (Wildman–Crippen MR) is 289 cm³/mol. The van der Waals surface area contributed by atoms with Crippen LogP contribution in [-0.2, 0) is 60.1 Å². The molecule has 0 radical (unpaired) electrons. The van der Waals surface area contributed by atoms with Gasteiger partial charge in [-0.3, -0.25) is 18.9 Å². The summed E-state index contributed by atoms with van der Waals surface area (Å²) in [6.45, 7) is 14.0. The zero-order valence-corrected chi connectivity index (χ0v) is 45.6. The lowest BCUT2D eigenvalue weighted by atomic mass is 9.93. The van der Waals surface area contributed by atoms with Gasteiger partial charge in [0.2, 0.25) is 5.91 Å². The first-order valence-corrected chi connectivity index (χ1v) is 27.3. The van der Waals surface area contributed by atoms with Crippen LogP contribution in [0, 0.1) is 36.5 Å². The van der Waals surface area contributed by atoms with E-state index in [0.717, 1.165) is 37.6 Å². The number of likely N-dealkylation sites (N-methyl/N-ethyl adjacent to an activating group) is 1. The number of aryl methyl sites for hydroxylation is 1. The number of nitrogens with one attached hydrogen (secondary N) is 2. The van der Waals surface area contributed by atoms with E-state index in [4.69, 9.17) is 47.4 Å². The number of halogens is 3. The first kappa shape index (κ1) is 61.1. The van der Waals surface area contributed by atoms with Crippen molar-refractivity contribution in [3.8, 4) is 17.6 Å². The number of hydrogen-bond donors (Lipinski definition) is 2. The number of alkyl halides is 3. The molecule has 3 aliphatic rings. The number of amides is 2. The normalized spacial score (nSPS) is 17.4. The van der Waals surface area contributed by atoms with Crippen molar-refractivity contribution in [2.75, 3.05) is 171 Å². The molecular weight excluding hydrogens is 1030 g/mol. The topological polar surface area (TPSA) is 174 Å². The lowest BCUT2D eigenvalue weighted by Gasteiger charge is -2.33. The van der Waals surface area contributed by atoms with Crippen molar-refractivity contribution in [2.24, 2.45) is 17.8 Å². The quantitative estimate of drug-likeness (QED) is 0.0312. The van der Waals surface area contributed by atoms with Crippen LogP contribution in [0.2, 0.25) is 0 Å². The van der Waals surface area contributed by atoms with E-state index in [1.54, 1.807) is 30.5 Å². The highest BCUT2D eigenvalue weighted by Crippen LogP contribution is 2.43. The van der Waals surface area contributed by atoms with Crippen molar-refractivity contribution < 1.29 is 70.1 Å². The van der Waals surface area contributed by atoms with Crippen LogP contribution in [0.15, 0.2) is 73.1 Å². The van der Waals surface area contributed by atoms with Gasteiger partial charge in [0.05, 0.1) is 131 Å². The first-order chi connectivity index (χ1) is 38.5. The fourth-order valence-electron chi connectivity index (χ4n) is 9.22. The number of fused-ring (bicyclic) bond motifs is 3. The third kappa shape index (κ3) is 21.2. The second kappa shape index (κ2) is 33.3. The Bertz CT molecular complexity index is 2580. The van der Waals surface area contributed by atoms with Crippen molar-refractivity contribution in [3.63, 3.8) is 0 Å². The predicted octanol–water partition coefficient (Wildman–Crippen LogP) is 5.92. The second-order valence-corrected chi connectivity index (χ2v) is 19.5. The van der Waals surface area contributed by atoms with E-state index >= 15 is 0 Å². The van der Waals surface area contributed by atoms with Crippen LogP contribution < -0.4 is 15.4 Å². The summed E-state index contributed by atoms with van der Waals surface area (Å²) in [4.78, 5) is 34.3. The Morgan fingerprint density at radius 2 is 1.25 bits per heavy atom. The van der Waals surface area contributed by atoms with E-state index in [1.807, 2.05) is 35.5 Å². The number of aromatic nitrogens is 2. The average molecular weight is 1110 g/mol. The van der Waals surface area contributed by atoms with Crippen molar-refractivity contribution in [1.82, 2.24) is 24.5 Å². The van der Waals surface area contributed by atoms with E-state index < -0.39 is 17.6 Å². The number of nitrogens with zero attached hydrogens (tertiary/aromatic N) is 4. The molecule has 0 unspecified atom stereocenters. The molecule has 1 aliphatic heterocycles. The monoisotopic (exact) mass is 1110 g/mol. The van der Waals surface area contributed by atoms with Gasteiger partial charge < -0.3 is 62.9 Å². The molecule has 2 fully saturated rings. The summed E-state index contributed by atoms with van der Waals surface area (Å²) in [5.74, 6) is 7.61. The summed E-state index contributed by atoms with van der Waals surface area (Å²) in [6, 6.07) is 12.6. The van der Waals surface area contributed by atoms with Gasteiger partial charge in [-0.25, -0.2) is 4.98 Å². The maximum atomic E-state index is 14.2. The fraction of sp³-hybridized carbons (Fsp3) is 0.569. The molecule has 2 aromatic heterocycles. The first-order valence-electron chi connectivity index (χ1n) is 27.3. The zero-order valence-electron chi connectivity index (χ0n) is 45.6. The molecule has 2 N–H and O–H groups in total. The highest BCUT2D eigenvalue weighted by molar-refractivity contribution is 6.04. The second-order valence-electron chi connectivity index (χ2n) is 19.5. The van der Waals surface area contributed by atoms with Crippen molar-refractivity contribution in [2.45, 2.75) is 32.5 Å². The summed E-state index contributed by atoms with van der Waals surface area (Å²) in [7, 11) is 2.00. The molecular formula is C58H77F3N6O12. The molecule has 4 aromatic rings. The number of carbonyl (C=O) groups excluding carboxylic acids is 2. The largest absolute Gasteiger partial charge is 0.491 e. The fourth-order valence-corrected chi connectivity index (χ4v) is 9.22. The van der Waals surface area contributed by atoms with Gasteiger partial charge in [0.25, 0.3) is 5.91 Å². The molecule has 432 valence electrons. The Kier molecular flexibility index (Phi) is 25.8. The van der Waals surface area contributed by atoms with E-state index in [0.29, 0.717) is 180 Å². The van der Waals surface area contributed by atoms with Crippen LogP contribution in [0.4, 0.5) is 18.9 Å². The minimum atomic E-state index is -4.58. The Morgan fingerprint density at radius 1 is 0.671 bits per heavy atom. The Morgan fingerprint density at radius 3 is 1.81 bits per heavy atom. The van der Waals surface area contributed by atoms with Crippen molar-refractivity contribution in [1.29, 1.82) is 0 Å². The molecule has 18 nitrogen and oxygen atoms in total. The number of carbonyl (C=O) groups is 2. The summed E-state index contributed by atoms with van der Waals surface area (Å²) in [6.07, 6.45) is 5.40. The lowest BCUT2D eigenvalue weighted by Crippen LogP contribution is -2.44. The molecule has 0 spiro atoms. The molecule has 2 bridgehead atoms. The van der Waals surface area contributed by atoms with Gasteiger partial charge in [-0.1, -0.05) is 30.2 Å². The number of benzene rings is 2. The van der Waals surface area contributed by atoms with Crippen LogP contribution in [0.3, 0.4) is 0 Å². The maximum absolute atomic E-state index is 14.2. The standard InChI is InChI=1S/C58H77F3N6O12/c1-44-3-5-48(56(68)64-50-9-7-49(54(40-50)58(59,60)61)43-66-16-14-65(2)15-17-66)39-46(44)8-10-51-42-63-55-41-52(11-13-67(51)55)79-36-35-78-34-33-77-32-31-76-30-29-75-28-27-74-26-25-73-24-23-72-22-21-71-20-19-70-18-12-62-57(69)53-38-45-4-6-47(53)37-45/h3-7,9,11,13,39-42,45,47,53H,12,14-38,43H2,1-2H3,(H,62,69)(H,64,68)/t45-,47+,53-/m0/s1. The van der Waals surface area contributed by atoms with Gasteiger partial charge in [-0.15, -0.1) is 0 Å². The highest BCUT2D eigenvalue weighted by Gasteiger charge is 2.39.